The molecule has 2 aromatic rings. The van der Waals surface area contributed by atoms with E-state index in [1.807, 2.05) is 18.2 Å². The van der Waals surface area contributed by atoms with Crippen molar-refractivity contribution in [3.63, 3.8) is 0 Å². The summed E-state index contributed by atoms with van der Waals surface area (Å²) < 4.78 is 5.39. The molecule has 0 saturated heterocycles. The number of aryl methyl sites for hydroxylation is 3. The minimum atomic E-state index is -0.214. The SMILES string of the molecule is Cc1oc(C)c2c1C(=O)N(CCCCc1ccccc1)C2=O. The van der Waals surface area contributed by atoms with Gasteiger partial charge in [-0.1, -0.05) is 30.3 Å². The van der Waals surface area contributed by atoms with E-state index in [0.717, 1.165) is 19.3 Å². The number of benzene rings is 1. The van der Waals surface area contributed by atoms with Gasteiger partial charge in [0, 0.05) is 6.54 Å². The van der Waals surface area contributed by atoms with Crippen molar-refractivity contribution in [1.82, 2.24) is 4.90 Å². The highest BCUT2D eigenvalue weighted by atomic mass is 16.3. The lowest BCUT2D eigenvalue weighted by molar-refractivity contribution is 0.0647. The molecule has 0 saturated carbocycles. The molecular weight excluding hydrogens is 278 g/mol. The minimum absolute atomic E-state index is 0.214. The van der Waals surface area contributed by atoms with Crippen molar-refractivity contribution in [2.24, 2.45) is 0 Å². The number of furan rings is 1. The second kappa shape index (κ2) is 5.79. The minimum Gasteiger partial charge on any atom is -0.465 e. The van der Waals surface area contributed by atoms with Crippen molar-refractivity contribution in [3.05, 3.63) is 58.5 Å². The quantitative estimate of drug-likeness (QED) is 0.627. The molecule has 0 bridgehead atoms. The number of fused-ring (bicyclic) bond motifs is 1. The molecule has 1 aromatic heterocycles. The van der Waals surface area contributed by atoms with Crippen LogP contribution in [0.25, 0.3) is 0 Å². The topological polar surface area (TPSA) is 50.5 Å². The maximum Gasteiger partial charge on any atom is 0.265 e. The Morgan fingerprint density at radius 3 is 2.09 bits per heavy atom. The Bertz CT molecular complexity index is 679. The van der Waals surface area contributed by atoms with E-state index in [0.29, 0.717) is 29.2 Å². The number of amides is 2. The van der Waals surface area contributed by atoms with Crippen molar-refractivity contribution >= 4 is 11.8 Å². The van der Waals surface area contributed by atoms with Gasteiger partial charge < -0.3 is 4.42 Å². The predicted octanol–water partition coefficient (Wildman–Crippen LogP) is 3.52. The fourth-order valence-electron chi connectivity index (χ4n) is 3.01. The van der Waals surface area contributed by atoms with Crippen LogP contribution in [0.2, 0.25) is 0 Å². The Kier molecular flexibility index (Phi) is 3.84. The molecule has 0 atom stereocenters. The standard InChI is InChI=1S/C18H19NO3/c1-12-15-16(13(2)22-12)18(21)19(17(15)20)11-7-6-10-14-8-4-3-5-9-14/h3-5,8-9H,6-7,10-11H2,1-2H3. The molecule has 2 amide bonds. The normalized spacial score (nSPS) is 13.8. The van der Waals surface area contributed by atoms with Crippen LogP contribution in [0, 0.1) is 13.8 Å². The first-order chi connectivity index (χ1) is 10.6. The van der Waals surface area contributed by atoms with Crippen molar-refractivity contribution in [2.45, 2.75) is 33.1 Å². The van der Waals surface area contributed by atoms with E-state index >= 15 is 0 Å². The van der Waals surface area contributed by atoms with E-state index in [1.54, 1.807) is 13.8 Å². The third-order valence-corrected chi connectivity index (χ3v) is 4.12. The Balaban J connectivity index is 1.59. The van der Waals surface area contributed by atoms with Gasteiger partial charge in [-0.2, -0.15) is 0 Å². The van der Waals surface area contributed by atoms with E-state index in [4.69, 9.17) is 4.42 Å². The fraction of sp³-hybridized carbons (Fsp3) is 0.333. The summed E-state index contributed by atoms with van der Waals surface area (Å²) in [7, 11) is 0. The van der Waals surface area contributed by atoms with Crippen LogP contribution in [0.5, 0.6) is 0 Å². The van der Waals surface area contributed by atoms with Gasteiger partial charge >= 0.3 is 0 Å². The van der Waals surface area contributed by atoms with Crippen LogP contribution in [0.15, 0.2) is 34.7 Å². The van der Waals surface area contributed by atoms with Gasteiger partial charge in [-0.3, -0.25) is 14.5 Å². The van der Waals surface area contributed by atoms with Crippen molar-refractivity contribution < 1.29 is 14.0 Å². The molecule has 0 radical (unpaired) electrons. The summed E-state index contributed by atoms with van der Waals surface area (Å²) in [5, 5.41) is 0. The van der Waals surface area contributed by atoms with Crippen LogP contribution in [0.1, 0.15) is 50.6 Å². The Morgan fingerprint density at radius 1 is 0.909 bits per heavy atom. The summed E-state index contributed by atoms with van der Waals surface area (Å²) in [6, 6.07) is 10.2. The maximum absolute atomic E-state index is 12.4. The molecule has 2 heterocycles. The van der Waals surface area contributed by atoms with Gasteiger partial charge in [0.25, 0.3) is 11.8 Å². The maximum atomic E-state index is 12.4. The number of carbonyl (C=O) groups is 2. The van der Waals surface area contributed by atoms with Crippen LogP contribution in [-0.4, -0.2) is 23.3 Å². The number of hydrogen-bond acceptors (Lipinski definition) is 3. The fourth-order valence-corrected chi connectivity index (χ4v) is 3.01. The number of rotatable bonds is 5. The molecule has 0 unspecified atom stereocenters. The lowest BCUT2D eigenvalue weighted by Gasteiger charge is -2.14. The molecule has 0 fully saturated rings. The summed E-state index contributed by atoms with van der Waals surface area (Å²) in [4.78, 5) is 26.1. The Hall–Kier alpha value is -2.36. The average molecular weight is 297 g/mol. The first kappa shape index (κ1) is 14.6. The number of hydrogen-bond donors (Lipinski definition) is 0. The van der Waals surface area contributed by atoms with Crippen LogP contribution in [0.3, 0.4) is 0 Å². The Labute approximate surface area is 129 Å². The zero-order chi connectivity index (χ0) is 15.7. The number of imide groups is 1. The second-order valence-electron chi connectivity index (χ2n) is 5.67. The summed E-state index contributed by atoms with van der Waals surface area (Å²) in [5.41, 5.74) is 2.18. The van der Waals surface area contributed by atoms with Gasteiger partial charge in [-0.15, -0.1) is 0 Å². The number of carbonyl (C=O) groups excluding carboxylic acids is 2. The molecule has 1 aliphatic rings. The largest absolute Gasteiger partial charge is 0.465 e. The summed E-state index contributed by atoms with van der Waals surface area (Å²) >= 11 is 0. The average Bonchev–Trinajstić information content (AvgIpc) is 2.94. The highest BCUT2D eigenvalue weighted by Gasteiger charge is 2.40. The monoisotopic (exact) mass is 297 g/mol. The number of nitrogens with zero attached hydrogens (tertiary/aromatic N) is 1. The van der Waals surface area contributed by atoms with Crippen LogP contribution < -0.4 is 0 Å². The molecule has 0 spiro atoms. The molecule has 0 N–H and O–H groups in total. The van der Waals surface area contributed by atoms with E-state index in [9.17, 15) is 9.59 Å². The first-order valence-corrected chi connectivity index (χ1v) is 7.59. The molecular formula is C18H19NO3. The van der Waals surface area contributed by atoms with Gasteiger partial charge in [-0.05, 0) is 38.7 Å². The highest BCUT2D eigenvalue weighted by molar-refractivity contribution is 6.22. The molecule has 1 aliphatic heterocycles. The van der Waals surface area contributed by atoms with Crippen molar-refractivity contribution in [2.75, 3.05) is 6.54 Å². The van der Waals surface area contributed by atoms with E-state index in [1.165, 1.54) is 10.5 Å². The molecule has 4 nitrogen and oxygen atoms in total. The summed E-state index contributed by atoms with van der Waals surface area (Å²) in [6.45, 7) is 3.93. The molecule has 3 rings (SSSR count). The third-order valence-electron chi connectivity index (χ3n) is 4.12. The van der Waals surface area contributed by atoms with Gasteiger partial charge in [0.2, 0.25) is 0 Å². The molecule has 114 valence electrons. The van der Waals surface area contributed by atoms with Crippen LogP contribution in [-0.2, 0) is 6.42 Å². The van der Waals surface area contributed by atoms with Crippen molar-refractivity contribution in [1.29, 1.82) is 0 Å². The second-order valence-corrected chi connectivity index (χ2v) is 5.67. The third kappa shape index (κ3) is 2.45. The lowest BCUT2D eigenvalue weighted by Crippen LogP contribution is -2.31. The molecule has 1 aromatic carbocycles. The van der Waals surface area contributed by atoms with Gasteiger partial charge in [0.05, 0.1) is 11.1 Å². The van der Waals surface area contributed by atoms with Crippen LogP contribution >= 0.6 is 0 Å². The zero-order valence-corrected chi connectivity index (χ0v) is 12.9. The van der Waals surface area contributed by atoms with Gasteiger partial charge in [-0.25, -0.2) is 0 Å². The Morgan fingerprint density at radius 2 is 1.50 bits per heavy atom. The number of unbranched alkanes of at least 4 members (excludes halogenated alkanes) is 1. The lowest BCUT2D eigenvalue weighted by atomic mass is 10.1. The summed E-state index contributed by atoms with van der Waals surface area (Å²) in [6.07, 6.45) is 2.73. The van der Waals surface area contributed by atoms with Gasteiger partial charge in [0.1, 0.15) is 11.5 Å². The van der Waals surface area contributed by atoms with E-state index in [-0.39, 0.29) is 11.8 Å². The van der Waals surface area contributed by atoms with E-state index < -0.39 is 0 Å². The smallest absolute Gasteiger partial charge is 0.265 e. The zero-order valence-electron chi connectivity index (χ0n) is 12.9. The molecule has 0 aliphatic carbocycles. The van der Waals surface area contributed by atoms with Gasteiger partial charge in [0.15, 0.2) is 0 Å². The summed E-state index contributed by atoms with van der Waals surface area (Å²) in [5.74, 6) is 0.651. The predicted molar refractivity (Wildman–Crippen MR) is 82.9 cm³/mol. The molecule has 4 heteroatoms. The van der Waals surface area contributed by atoms with E-state index in [2.05, 4.69) is 12.1 Å². The highest BCUT2D eigenvalue weighted by Crippen LogP contribution is 2.30. The van der Waals surface area contributed by atoms with Crippen molar-refractivity contribution in [3.8, 4) is 0 Å². The van der Waals surface area contributed by atoms with Crippen LogP contribution in [0.4, 0.5) is 0 Å². The first-order valence-electron chi connectivity index (χ1n) is 7.59. The molecule has 22 heavy (non-hydrogen) atoms.